The summed E-state index contributed by atoms with van der Waals surface area (Å²) in [6.45, 7) is -0.452. The zero-order chi connectivity index (χ0) is 32.1. The molecule has 5 N–H and O–H groups in total. The molecule has 3 aromatic rings. The van der Waals surface area contributed by atoms with Gasteiger partial charge in [-0.3, -0.25) is 4.79 Å². The van der Waals surface area contributed by atoms with Crippen molar-refractivity contribution in [2.45, 2.75) is 74.8 Å². The number of nitrogens with zero attached hydrogens (tertiary/aromatic N) is 1. The number of carbonyl (C=O) groups excluding carboxylic acids is 1. The Morgan fingerprint density at radius 2 is 1.44 bits per heavy atom. The molecule has 8 nitrogen and oxygen atoms in total. The van der Waals surface area contributed by atoms with E-state index in [1.54, 1.807) is 17.0 Å². The molecule has 240 valence electrons. The second kappa shape index (κ2) is 14.7. The fourth-order valence-corrected chi connectivity index (χ4v) is 6.17. The van der Waals surface area contributed by atoms with Crippen molar-refractivity contribution in [1.29, 1.82) is 0 Å². The Morgan fingerprint density at radius 3 is 2.09 bits per heavy atom. The molecule has 0 aliphatic carbocycles. The van der Waals surface area contributed by atoms with Crippen LogP contribution in [0, 0.1) is 17.6 Å². The molecule has 0 saturated carbocycles. The fraction of sp³-hybridized carbons (Fsp3) is 0.400. The van der Waals surface area contributed by atoms with Gasteiger partial charge in [-0.05, 0) is 85.2 Å². The van der Waals surface area contributed by atoms with Gasteiger partial charge in [0.25, 0.3) is 0 Å². The van der Waals surface area contributed by atoms with Gasteiger partial charge in [-0.15, -0.1) is 0 Å². The van der Waals surface area contributed by atoms with E-state index >= 15 is 0 Å². The molecular weight excluding hydrogens is 584 g/mol. The highest BCUT2D eigenvalue weighted by molar-refractivity contribution is 6.03. The second-order valence-electron chi connectivity index (χ2n) is 11.7. The summed E-state index contributed by atoms with van der Waals surface area (Å²) in [5.74, 6) is -1.29. The summed E-state index contributed by atoms with van der Waals surface area (Å²) < 4.78 is 32.5. The number of aliphatic hydroxyl groups excluding tert-OH is 5. The molecule has 2 saturated heterocycles. The maximum absolute atomic E-state index is 13.6. The molecule has 2 heterocycles. The molecule has 0 unspecified atom stereocenters. The number of allylic oxidation sites excluding steroid dienone is 1. The van der Waals surface area contributed by atoms with E-state index in [0.717, 1.165) is 11.1 Å². The maximum atomic E-state index is 13.6. The number of unbranched alkanes of at least 4 members (excludes halogenated alkanes) is 1. The molecule has 0 bridgehead atoms. The van der Waals surface area contributed by atoms with Gasteiger partial charge in [0.1, 0.15) is 36.1 Å². The number of carbonyl (C=O) groups is 1. The average molecular weight is 624 g/mol. The van der Waals surface area contributed by atoms with Crippen LogP contribution in [-0.2, 0) is 9.53 Å². The van der Waals surface area contributed by atoms with Crippen LogP contribution in [0.25, 0.3) is 6.08 Å². The quantitative estimate of drug-likeness (QED) is 0.151. The van der Waals surface area contributed by atoms with Crippen LogP contribution in [-0.4, -0.2) is 68.6 Å². The Morgan fingerprint density at radius 1 is 0.822 bits per heavy atom. The van der Waals surface area contributed by atoms with Crippen LogP contribution in [0.4, 0.5) is 14.5 Å². The number of β-lactam (4-membered cyclic amide) rings is 1. The van der Waals surface area contributed by atoms with E-state index in [1.807, 2.05) is 36.4 Å². The molecule has 10 heteroatoms. The van der Waals surface area contributed by atoms with Gasteiger partial charge >= 0.3 is 0 Å². The lowest BCUT2D eigenvalue weighted by Crippen LogP contribution is -2.58. The van der Waals surface area contributed by atoms with E-state index in [4.69, 9.17) is 4.74 Å². The van der Waals surface area contributed by atoms with Crippen LogP contribution >= 0.6 is 0 Å². The maximum Gasteiger partial charge on any atom is 0.233 e. The molecule has 0 aromatic heterocycles. The number of hydrogen-bond donors (Lipinski definition) is 5. The number of aliphatic hydroxyl groups is 5. The highest BCUT2D eigenvalue weighted by Gasteiger charge is 2.48. The van der Waals surface area contributed by atoms with E-state index in [0.29, 0.717) is 43.4 Å². The Kier molecular flexibility index (Phi) is 10.8. The topological polar surface area (TPSA) is 131 Å². The Hall–Kier alpha value is -3.51. The van der Waals surface area contributed by atoms with Crippen LogP contribution in [0.1, 0.15) is 60.9 Å². The van der Waals surface area contributed by atoms with E-state index in [-0.39, 0.29) is 17.8 Å². The minimum absolute atomic E-state index is 0.110. The van der Waals surface area contributed by atoms with E-state index in [9.17, 15) is 39.1 Å². The lowest BCUT2D eigenvalue weighted by atomic mass is 9.78. The molecular formula is C35H39F2NO7. The first-order valence-corrected chi connectivity index (χ1v) is 15.3. The Balaban J connectivity index is 1.21. The molecule has 1 amide bonds. The standard InChI is InChI=1S/C35H39F2NO7/c36-24-12-10-22(11-13-24)28(40)19-18-27-31(38(35(27)44)26-16-14-25(37)15-17-26)23-8-6-21(7-9-23)4-2-1-3-5-29-32(41)34(43)33(42)30(20-39)45-29/h2,4,6-17,27-34,39-43H,1,3,5,18-20H2/t27-,28+,29+,30-,31-,32+,33-,34-/m1/s1. The van der Waals surface area contributed by atoms with Crippen molar-refractivity contribution in [2.24, 2.45) is 5.92 Å². The minimum Gasteiger partial charge on any atom is -0.394 e. The molecule has 8 atom stereocenters. The van der Waals surface area contributed by atoms with Gasteiger partial charge in [-0.2, -0.15) is 0 Å². The van der Waals surface area contributed by atoms with Crippen molar-refractivity contribution in [1.82, 2.24) is 0 Å². The van der Waals surface area contributed by atoms with Crippen molar-refractivity contribution < 1.29 is 43.8 Å². The van der Waals surface area contributed by atoms with Gasteiger partial charge in [-0.25, -0.2) is 8.78 Å². The first kappa shape index (κ1) is 32.9. The largest absolute Gasteiger partial charge is 0.394 e. The van der Waals surface area contributed by atoms with E-state index < -0.39 is 55.0 Å². The third-order valence-electron chi connectivity index (χ3n) is 8.76. The molecule has 3 aromatic carbocycles. The smallest absolute Gasteiger partial charge is 0.233 e. The fourth-order valence-electron chi connectivity index (χ4n) is 6.17. The SMILES string of the molecule is O=C1[C@H](CC[C@H](O)c2ccc(F)cc2)[C@@H](c2ccc(C=CCCC[C@@H]3O[C@H](CO)[C@@H](O)[C@H](O)[C@H]3O)cc2)N1c1ccc(F)cc1. The Labute approximate surface area is 260 Å². The van der Waals surface area contributed by atoms with Crippen molar-refractivity contribution in [3.63, 3.8) is 0 Å². The number of anilines is 1. The summed E-state index contributed by atoms with van der Waals surface area (Å²) in [6, 6.07) is 18.9. The van der Waals surface area contributed by atoms with Gasteiger partial charge in [0.2, 0.25) is 5.91 Å². The lowest BCUT2D eigenvalue weighted by Gasteiger charge is -2.48. The number of hydrogen-bond acceptors (Lipinski definition) is 7. The molecule has 0 spiro atoms. The molecule has 0 radical (unpaired) electrons. The summed E-state index contributed by atoms with van der Waals surface area (Å²) in [5.41, 5.74) is 3.01. The summed E-state index contributed by atoms with van der Waals surface area (Å²) in [4.78, 5) is 15.0. The van der Waals surface area contributed by atoms with Crippen molar-refractivity contribution >= 4 is 17.7 Å². The lowest BCUT2D eigenvalue weighted by molar-refractivity contribution is -0.230. The Bertz CT molecular complexity index is 1430. The summed E-state index contributed by atoms with van der Waals surface area (Å²) in [5, 5.41) is 50.2. The number of rotatable bonds is 12. The highest BCUT2D eigenvalue weighted by atomic mass is 19.1. The van der Waals surface area contributed by atoms with Crippen molar-refractivity contribution in [3.05, 3.63) is 107 Å². The van der Waals surface area contributed by atoms with Crippen LogP contribution in [0.5, 0.6) is 0 Å². The van der Waals surface area contributed by atoms with Gasteiger partial charge in [-0.1, -0.05) is 48.6 Å². The summed E-state index contributed by atoms with van der Waals surface area (Å²) in [7, 11) is 0. The number of amides is 1. The van der Waals surface area contributed by atoms with Crippen LogP contribution < -0.4 is 4.90 Å². The second-order valence-corrected chi connectivity index (χ2v) is 11.7. The third-order valence-corrected chi connectivity index (χ3v) is 8.76. The van der Waals surface area contributed by atoms with Gasteiger partial charge in [0, 0.05) is 5.69 Å². The summed E-state index contributed by atoms with van der Waals surface area (Å²) >= 11 is 0. The van der Waals surface area contributed by atoms with Gasteiger partial charge in [0.05, 0.1) is 30.8 Å². The van der Waals surface area contributed by atoms with Crippen molar-refractivity contribution in [2.75, 3.05) is 11.5 Å². The number of halogens is 2. The molecule has 2 aliphatic rings. The van der Waals surface area contributed by atoms with E-state index in [1.165, 1.54) is 36.4 Å². The van der Waals surface area contributed by atoms with Crippen LogP contribution in [0.2, 0.25) is 0 Å². The molecule has 2 aliphatic heterocycles. The zero-order valence-electron chi connectivity index (χ0n) is 24.7. The average Bonchev–Trinajstić information content (AvgIpc) is 3.04. The first-order valence-electron chi connectivity index (χ1n) is 15.3. The first-order chi connectivity index (χ1) is 21.7. The normalized spacial score (nSPS) is 27.5. The van der Waals surface area contributed by atoms with Crippen LogP contribution in [0.3, 0.4) is 0 Å². The summed E-state index contributed by atoms with van der Waals surface area (Å²) in [6.07, 6.45) is 0.0191. The van der Waals surface area contributed by atoms with Gasteiger partial charge < -0.3 is 35.2 Å². The van der Waals surface area contributed by atoms with Crippen molar-refractivity contribution in [3.8, 4) is 0 Å². The third kappa shape index (κ3) is 7.49. The molecule has 2 fully saturated rings. The van der Waals surface area contributed by atoms with Crippen LogP contribution in [0.15, 0.2) is 78.9 Å². The number of benzene rings is 3. The van der Waals surface area contributed by atoms with Gasteiger partial charge in [0.15, 0.2) is 0 Å². The van der Waals surface area contributed by atoms with E-state index in [2.05, 4.69) is 0 Å². The molecule has 5 rings (SSSR count). The molecule has 45 heavy (non-hydrogen) atoms. The highest BCUT2D eigenvalue weighted by Crippen LogP contribution is 2.46. The zero-order valence-corrected chi connectivity index (χ0v) is 24.7. The predicted molar refractivity (Wildman–Crippen MR) is 164 cm³/mol. The minimum atomic E-state index is -1.38. The number of ether oxygens (including phenoxy) is 1. The monoisotopic (exact) mass is 623 g/mol. The predicted octanol–water partition coefficient (Wildman–Crippen LogP) is 4.21.